The highest BCUT2D eigenvalue weighted by atomic mass is 16.6. The summed E-state index contributed by atoms with van der Waals surface area (Å²) >= 11 is 0. The minimum atomic E-state index is -0.547. The Labute approximate surface area is 103 Å². The molecule has 1 heterocycles. The molecule has 2 atom stereocenters. The van der Waals surface area contributed by atoms with Crippen molar-refractivity contribution in [1.82, 2.24) is 0 Å². The van der Waals surface area contributed by atoms with Crippen molar-refractivity contribution in [3.63, 3.8) is 0 Å². The van der Waals surface area contributed by atoms with E-state index in [0.29, 0.717) is 19.6 Å². The van der Waals surface area contributed by atoms with Crippen LogP contribution in [0.2, 0.25) is 0 Å². The van der Waals surface area contributed by atoms with Gasteiger partial charge in [-0.3, -0.25) is 4.79 Å². The van der Waals surface area contributed by atoms with Crippen LogP contribution in [0.15, 0.2) is 0 Å². The second kappa shape index (κ2) is 8.44. The largest absolute Gasteiger partial charge is 0.462 e. The van der Waals surface area contributed by atoms with Crippen LogP contribution in [-0.2, 0) is 19.0 Å². The van der Waals surface area contributed by atoms with Crippen LogP contribution in [0.5, 0.6) is 0 Å². The number of hydrogen-bond donors (Lipinski definition) is 1. The van der Waals surface area contributed by atoms with Crippen LogP contribution in [-0.4, -0.2) is 45.0 Å². The maximum Gasteiger partial charge on any atom is 0.323 e. The summed E-state index contributed by atoms with van der Waals surface area (Å²) in [5.74, 6) is -0.338. The summed E-state index contributed by atoms with van der Waals surface area (Å²) < 4.78 is 15.5. The lowest BCUT2D eigenvalue weighted by molar-refractivity contribution is -0.150. The molecule has 0 aromatic rings. The zero-order valence-electron chi connectivity index (χ0n) is 10.5. The molecule has 0 amide bonds. The number of carbonyl (C=O) groups excluding carboxylic acids is 1. The molecule has 0 saturated carbocycles. The minimum Gasteiger partial charge on any atom is -0.462 e. The zero-order valence-corrected chi connectivity index (χ0v) is 10.5. The Bertz CT molecular complexity index is 217. The Hall–Kier alpha value is -0.650. The third kappa shape index (κ3) is 6.00. The summed E-state index contributed by atoms with van der Waals surface area (Å²) in [7, 11) is 1.63. The third-order valence-electron chi connectivity index (χ3n) is 2.85. The van der Waals surface area contributed by atoms with Gasteiger partial charge in [0.15, 0.2) is 0 Å². The van der Waals surface area contributed by atoms with Crippen LogP contribution < -0.4 is 5.73 Å². The lowest BCUT2D eigenvalue weighted by atomic mass is 10.1. The number of ether oxygens (including phenoxy) is 3. The van der Waals surface area contributed by atoms with Gasteiger partial charge in [-0.2, -0.15) is 0 Å². The van der Waals surface area contributed by atoms with Gasteiger partial charge in [0.2, 0.25) is 0 Å². The summed E-state index contributed by atoms with van der Waals surface area (Å²) in [5.41, 5.74) is 5.70. The molecule has 5 heteroatoms. The van der Waals surface area contributed by atoms with E-state index in [1.807, 2.05) is 0 Å². The summed E-state index contributed by atoms with van der Waals surface area (Å²) in [5, 5.41) is 0. The molecule has 0 spiro atoms. The number of hydrogen-bond acceptors (Lipinski definition) is 5. The first-order valence-corrected chi connectivity index (χ1v) is 6.26. The number of rotatable bonds is 7. The quantitative estimate of drug-likeness (QED) is 0.532. The number of carbonyl (C=O) groups is 1. The SMILES string of the molecule is COCCCC(N)C(=O)OCC1CCCCO1. The molecule has 1 fully saturated rings. The maximum atomic E-state index is 11.5. The lowest BCUT2D eigenvalue weighted by Gasteiger charge is -2.22. The Morgan fingerprint density at radius 3 is 3.00 bits per heavy atom. The Morgan fingerprint density at radius 2 is 2.35 bits per heavy atom. The first-order chi connectivity index (χ1) is 8.24. The number of nitrogens with two attached hydrogens (primary N) is 1. The van der Waals surface area contributed by atoms with Crippen LogP contribution >= 0.6 is 0 Å². The van der Waals surface area contributed by atoms with E-state index in [2.05, 4.69) is 0 Å². The van der Waals surface area contributed by atoms with Crippen molar-refractivity contribution in [3.05, 3.63) is 0 Å². The fourth-order valence-electron chi connectivity index (χ4n) is 1.79. The fraction of sp³-hybridized carbons (Fsp3) is 0.917. The van der Waals surface area contributed by atoms with Crippen molar-refractivity contribution in [2.24, 2.45) is 5.73 Å². The molecule has 0 aliphatic carbocycles. The summed E-state index contributed by atoms with van der Waals surface area (Å²) in [6, 6.07) is -0.547. The van der Waals surface area contributed by atoms with Gasteiger partial charge >= 0.3 is 5.97 Å². The Kier molecular flexibility index (Phi) is 7.16. The van der Waals surface area contributed by atoms with E-state index < -0.39 is 6.04 Å². The van der Waals surface area contributed by atoms with Crippen molar-refractivity contribution in [2.45, 2.75) is 44.2 Å². The molecule has 1 aliphatic heterocycles. The van der Waals surface area contributed by atoms with Crippen LogP contribution in [0.3, 0.4) is 0 Å². The molecular weight excluding hydrogens is 222 g/mol. The minimum absolute atomic E-state index is 0.0545. The Balaban J connectivity index is 2.10. The molecule has 1 saturated heterocycles. The van der Waals surface area contributed by atoms with Crippen molar-refractivity contribution >= 4 is 5.97 Å². The molecule has 0 aromatic carbocycles. The predicted octanol–water partition coefficient (Wildman–Crippen LogP) is 0.853. The molecule has 0 bridgehead atoms. The van der Waals surface area contributed by atoms with Gasteiger partial charge in [0.25, 0.3) is 0 Å². The molecule has 2 N–H and O–H groups in total. The van der Waals surface area contributed by atoms with Gasteiger partial charge < -0.3 is 19.9 Å². The highest BCUT2D eigenvalue weighted by Crippen LogP contribution is 2.13. The van der Waals surface area contributed by atoms with E-state index in [-0.39, 0.29) is 12.1 Å². The summed E-state index contributed by atoms with van der Waals surface area (Å²) in [4.78, 5) is 11.5. The van der Waals surface area contributed by atoms with E-state index in [9.17, 15) is 4.79 Å². The van der Waals surface area contributed by atoms with Gasteiger partial charge in [0.05, 0.1) is 6.10 Å². The van der Waals surface area contributed by atoms with Gasteiger partial charge in [0, 0.05) is 20.3 Å². The van der Waals surface area contributed by atoms with E-state index in [4.69, 9.17) is 19.9 Å². The van der Waals surface area contributed by atoms with Crippen molar-refractivity contribution < 1.29 is 19.0 Å². The molecule has 100 valence electrons. The zero-order chi connectivity index (χ0) is 12.5. The molecular formula is C12H23NO4. The molecule has 1 aliphatic rings. The lowest BCUT2D eigenvalue weighted by Crippen LogP contribution is -2.35. The second-order valence-corrected chi connectivity index (χ2v) is 4.36. The normalized spacial score (nSPS) is 22.1. The van der Waals surface area contributed by atoms with Crippen molar-refractivity contribution in [2.75, 3.05) is 26.9 Å². The molecule has 5 nitrogen and oxygen atoms in total. The Morgan fingerprint density at radius 1 is 1.53 bits per heavy atom. The highest BCUT2D eigenvalue weighted by Gasteiger charge is 2.19. The van der Waals surface area contributed by atoms with Gasteiger partial charge in [0.1, 0.15) is 12.6 Å². The summed E-state index contributed by atoms with van der Waals surface area (Å²) in [6.07, 6.45) is 4.62. The average molecular weight is 245 g/mol. The van der Waals surface area contributed by atoms with Gasteiger partial charge in [-0.25, -0.2) is 0 Å². The van der Waals surface area contributed by atoms with E-state index in [1.54, 1.807) is 7.11 Å². The molecule has 0 aromatic heterocycles. The van der Waals surface area contributed by atoms with Crippen LogP contribution in [0, 0.1) is 0 Å². The third-order valence-corrected chi connectivity index (χ3v) is 2.85. The van der Waals surface area contributed by atoms with Crippen molar-refractivity contribution in [3.8, 4) is 0 Å². The summed E-state index contributed by atoms with van der Waals surface area (Å²) in [6.45, 7) is 1.71. The molecule has 17 heavy (non-hydrogen) atoms. The van der Waals surface area contributed by atoms with E-state index >= 15 is 0 Å². The monoisotopic (exact) mass is 245 g/mol. The van der Waals surface area contributed by atoms with E-state index in [1.165, 1.54) is 0 Å². The molecule has 1 rings (SSSR count). The van der Waals surface area contributed by atoms with Crippen LogP contribution in [0.4, 0.5) is 0 Å². The highest BCUT2D eigenvalue weighted by molar-refractivity contribution is 5.75. The first kappa shape index (κ1) is 14.4. The smallest absolute Gasteiger partial charge is 0.323 e. The van der Waals surface area contributed by atoms with Crippen LogP contribution in [0.1, 0.15) is 32.1 Å². The van der Waals surface area contributed by atoms with Gasteiger partial charge in [-0.15, -0.1) is 0 Å². The molecule has 0 radical (unpaired) electrons. The topological polar surface area (TPSA) is 70.8 Å². The van der Waals surface area contributed by atoms with Crippen LogP contribution in [0.25, 0.3) is 0 Å². The number of methoxy groups -OCH3 is 1. The second-order valence-electron chi connectivity index (χ2n) is 4.36. The maximum absolute atomic E-state index is 11.5. The first-order valence-electron chi connectivity index (χ1n) is 6.26. The van der Waals surface area contributed by atoms with Gasteiger partial charge in [-0.1, -0.05) is 0 Å². The van der Waals surface area contributed by atoms with Gasteiger partial charge in [-0.05, 0) is 32.1 Å². The molecule has 2 unspecified atom stereocenters. The predicted molar refractivity (Wildman–Crippen MR) is 63.6 cm³/mol. The standard InChI is InChI=1S/C12H23NO4/c1-15-7-4-6-11(13)12(14)17-9-10-5-2-3-8-16-10/h10-11H,2-9,13H2,1H3. The van der Waals surface area contributed by atoms with E-state index in [0.717, 1.165) is 32.3 Å². The van der Waals surface area contributed by atoms with Crippen molar-refractivity contribution in [1.29, 1.82) is 0 Å². The number of esters is 1. The fourth-order valence-corrected chi connectivity index (χ4v) is 1.79. The average Bonchev–Trinajstić information content (AvgIpc) is 2.37.